The zero-order valence-electron chi connectivity index (χ0n) is 17.8. The van der Waals surface area contributed by atoms with Crippen LogP contribution in [0, 0.1) is 5.92 Å². The molecule has 2 saturated heterocycles. The van der Waals surface area contributed by atoms with E-state index >= 15 is 0 Å². The van der Waals surface area contributed by atoms with Gasteiger partial charge in [-0.2, -0.15) is 0 Å². The Labute approximate surface area is 184 Å². The normalized spacial score (nSPS) is 22.8. The number of imidazole rings is 1. The number of esters is 1. The molecule has 3 aromatic rings. The fourth-order valence-electron chi connectivity index (χ4n) is 4.93. The van der Waals surface area contributed by atoms with Crippen molar-refractivity contribution < 1.29 is 19.1 Å². The van der Waals surface area contributed by atoms with E-state index in [1.165, 1.54) is 18.2 Å². The maximum absolute atomic E-state index is 13.2. The summed E-state index contributed by atoms with van der Waals surface area (Å²) in [6.45, 7) is 0.300. The number of methoxy groups -OCH3 is 1. The number of hydrogen-bond donors (Lipinski definition) is 0. The van der Waals surface area contributed by atoms with Crippen molar-refractivity contribution in [2.24, 2.45) is 13.0 Å². The number of nitrogens with zero attached hydrogens (tertiary/aromatic N) is 5. The maximum Gasteiger partial charge on any atom is 0.311 e. The van der Waals surface area contributed by atoms with Crippen molar-refractivity contribution in [3.05, 3.63) is 60.0 Å². The number of carbonyl (C=O) groups is 3. The molecule has 1 aromatic carbocycles. The number of fused-ring (bicyclic) bond motifs is 2. The Hall–Kier alpha value is -3.75. The van der Waals surface area contributed by atoms with Gasteiger partial charge in [-0.3, -0.25) is 14.4 Å². The van der Waals surface area contributed by atoms with E-state index in [0.29, 0.717) is 29.7 Å². The van der Waals surface area contributed by atoms with E-state index in [0.717, 1.165) is 5.56 Å². The highest BCUT2D eigenvalue weighted by atomic mass is 16.5. The van der Waals surface area contributed by atoms with Gasteiger partial charge in [0.05, 0.1) is 37.0 Å². The summed E-state index contributed by atoms with van der Waals surface area (Å²) >= 11 is 0. The molecule has 9 heteroatoms. The second kappa shape index (κ2) is 7.74. The second-order valence-electron chi connectivity index (χ2n) is 8.28. The molecule has 9 nitrogen and oxygen atoms in total. The number of piperazine rings is 1. The monoisotopic (exact) mass is 433 g/mol. The highest BCUT2D eigenvalue weighted by Gasteiger charge is 2.51. The van der Waals surface area contributed by atoms with Gasteiger partial charge in [0.15, 0.2) is 5.65 Å². The minimum absolute atomic E-state index is 0.0488. The SMILES string of the molecule is COC(=O)[C@H]1C[C@H]2CN(C(=O)c3cnc4c(c3)ncn4C)CC(=O)N2[C@H]1c1ccccc1. The molecule has 0 aliphatic carbocycles. The molecular weight excluding hydrogens is 410 g/mol. The lowest BCUT2D eigenvalue weighted by Gasteiger charge is -2.40. The number of benzene rings is 1. The predicted octanol–water partition coefficient (Wildman–Crippen LogP) is 1.56. The fourth-order valence-corrected chi connectivity index (χ4v) is 4.93. The predicted molar refractivity (Wildman–Crippen MR) is 114 cm³/mol. The van der Waals surface area contributed by atoms with Crippen LogP contribution in [0.2, 0.25) is 0 Å². The summed E-state index contributed by atoms with van der Waals surface area (Å²) in [5, 5.41) is 0. The molecule has 32 heavy (non-hydrogen) atoms. The summed E-state index contributed by atoms with van der Waals surface area (Å²) in [6, 6.07) is 10.5. The van der Waals surface area contributed by atoms with Crippen molar-refractivity contribution in [2.45, 2.75) is 18.5 Å². The Morgan fingerprint density at radius 1 is 1.16 bits per heavy atom. The first-order chi connectivity index (χ1) is 15.5. The maximum atomic E-state index is 13.2. The van der Waals surface area contributed by atoms with Crippen molar-refractivity contribution in [3.8, 4) is 0 Å². The molecular formula is C23H23N5O4. The largest absolute Gasteiger partial charge is 0.469 e. The molecule has 2 aromatic heterocycles. The van der Waals surface area contributed by atoms with Crippen LogP contribution >= 0.6 is 0 Å². The highest BCUT2D eigenvalue weighted by Crippen LogP contribution is 2.43. The Morgan fingerprint density at radius 3 is 2.69 bits per heavy atom. The molecule has 0 N–H and O–H groups in total. The summed E-state index contributed by atoms with van der Waals surface area (Å²) in [7, 11) is 3.20. The number of amides is 2. The van der Waals surface area contributed by atoms with E-state index in [1.54, 1.807) is 21.9 Å². The Kier molecular flexibility index (Phi) is 4.88. The lowest BCUT2D eigenvalue weighted by molar-refractivity contribution is -0.147. The van der Waals surface area contributed by atoms with Crippen LogP contribution in [0.3, 0.4) is 0 Å². The van der Waals surface area contributed by atoms with Crippen molar-refractivity contribution in [1.29, 1.82) is 0 Å². The van der Waals surface area contributed by atoms with Crippen molar-refractivity contribution in [1.82, 2.24) is 24.3 Å². The number of rotatable bonds is 3. The zero-order valence-corrected chi connectivity index (χ0v) is 17.8. The number of aromatic nitrogens is 3. The summed E-state index contributed by atoms with van der Waals surface area (Å²) in [5.74, 6) is -1.26. The van der Waals surface area contributed by atoms with Crippen LogP contribution in [0.1, 0.15) is 28.4 Å². The van der Waals surface area contributed by atoms with Gasteiger partial charge < -0.3 is 19.1 Å². The lowest BCUT2D eigenvalue weighted by Crippen LogP contribution is -2.55. The molecule has 2 amide bonds. The fraction of sp³-hybridized carbons (Fsp3) is 0.348. The summed E-state index contributed by atoms with van der Waals surface area (Å²) in [6.07, 6.45) is 3.60. The summed E-state index contributed by atoms with van der Waals surface area (Å²) < 4.78 is 6.82. The molecule has 2 aliphatic rings. The van der Waals surface area contributed by atoms with E-state index in [-0.39, 0.29) is 30.4 Å². The van der Waals surface area contributed by atoms with Gasteiger partial charge in [-0.25, -0.2) is 9.97 Å². The number of pyridine rings is 1. The molecule has 0 bridgehead atoms. The quantitative estimate of drug-likeness (QED) is 0.582. The van der Waals surface area contributed by atoms with Gasteiger partial charge in [-0.15, -0.1) is 0 Å². The Morgan fingerprint density at radius 2 is 1.94 bits per heavy atom. The van der Waals surface area contributed by atoms with E-state index in [4.69, 9.17) is 4.74 Å². The number of carbonyl (C=O) groups excluding carboxylic acids is 3. The molecule has 0 saturated carbocycles. The third-order valence-corrected chi connectivity index (χ3v) is 6.38. The lowest BCUT2D eigenvalue weighted by atomic mass is 9.93. The van der Waals surface area contributed by atoms with Crippen LogP contribution in [0.25, 0.3) is 11.2 Å². The van der Waals surface area contributed by atoms with Crippen LogP contribution in [0.4, 0.5) is 0 Å². The number of aryl methyl sites for hydroxylation is 1. The average Bonchev–Trinajstić information content (AvgIpc) is 3.39. The molecule has 164 valence electrons. The van der Waals surface area contributed by atoms with Crippen molar-refractivity contribution >= 4 is 28.9 Å². The average molecular weight is 433 g/mol. The van der Waals surface area contributed by atoms with E-state index in [2.05, 4.69) is 9.97 Å². The molecule has 3 atom stereocenters. The first kappa shape index (κ1) is 20.2. The van der Waals surface area contributed by atoms with Crippen LogP contribution in [-0.4, -0.2) is 68.4 Å². The molecule has 4 heterocycles. The minimum atomic E-state index is -0.474. The second-order valence-corrected chi connectivity index (χ2v) is 8.28. The zero-order chi connectivity index (χ0) is 22.4. The number of ether oxygens (including phenoxy) is 1. The topological polar surface area (TPSA) is 97.6 Å². The van der Waals surface area contributed by atoms with E-state index in [9.17, 15) is 14.4 Å². The summed E-state index contributed by atoms with van der Waals surface area (Å²) in [4.78, 5) is 50.9. The van der Waals surface area contributed by atoms with Gasteiger partial charge in [0, 0.05) is 19.8 Å². The molecule has 5 rings (SSSR count). The third-order valence-electron chi connectivity index (χ3n) is 6.38. The standard InChI is InChI=1S/C23H23N5O4/c1-26-13-25-18-8-15(10-24-21(18)26)22(30)27-11-16-9-17(23(31)32-2)20(28(16)19(29)12-27)14-6-4-3-5-7-14/h3-8,10,13,16-17,20H,9,11-12H2,1-2H3/t16-,17-,20-/m0/s1. The van der Waals surface area contributed by atoms with Crippen molar-refractivity contribution in [3.63, 3.8) is 0 Å². The van der Waals surface area contributed by atoms with Gasteiger partial charge >= 0.3 is 5.97 Å². The van der Waals surface area contributed by atoms with Crippen LogP contribution in [0.5, 0.6) is 0 Å². The van der Waals surface area contributed by atoms with Crippen LogP contribution < -0.4 is 0 Å². The summed E-state index contributed by atoms with van der Waals surface area (Å²) in [5.41, 5.74) is 2.59. The Balaban J connectivity index is 1.43. The minimum Gasteiger partial charge on any atom is -0.469 e. The van der Waals surface area contributed by atoms with Crippen LogP contribution in [-0.2, 0) is 21.4 Å². The van der Waals surface area contributed by atoms with Gasteiger partial charge in [-0.05, 0) is 18.1 Å². The number of hydrogen-bond acceptors (Lipinski definition) is 6. The molecule has 0 spiro atoms. The third kappa shape index (κ3) is 3.21. The van der Waals surface area contributed by atoms with Crippen molar-refractivity contribution in [2.75, 3.05) is 20.2 Å². The van der Waals surface area contributed by atoms with Gasteiger partial charge in [0.1, 0.15) is 12.1 Å². The molecule has 0 radical (unpaired) electrons. The van der Waals surface area contributed by atoms with E-state index in [1.807, 2.05) is 37.4 Å². The first-order valence-corrected chi connectivity index (χ1v) is 10.5. The van der Waals surface area contributed by atoms with Gasteiger partial charge in [-0.1, -0.05) is 30.3 Å². The smallest absolute Gasteiger partial charge is 0.311 e. The highest BCUT2D eigenvalue weighted by molar-refractivity contribution is 5.99. The molecule has 2 aliphatic heterocycles. The van der Waals surface area contributed by atoms with Gasteiger partial charge in [0.25, 0.3) is 5.91 Å². The van der Waals surface area contributed by atoms with Gasteiger partial charge in [0.2, 0.25) is 5.91 Å². The van der Waals surface area contributed by atoms with Crippen LogP contribution in [0.15, 0.2) is 48.9 Å². The first-order valence-electron chi connectivity index (χ1n) is 10.5. The van der Waals surface area contributed by atoms with E-state index < -0.39 is 12.0 Å². The Bertz CT molecular complexity index is 1210. The molecule has 2 fully saturated rings. The molecule has 0 unspecified atom stereocenters.